The lowest BCUT2D eigenvalue weighted by Gasteiger charge is -2.04. The summed E-state index contributed by atoms with van der Waals surface area (Å²) in [5, 5.41) is 11.1. The van der Waals surface area contributed by atoms with Gasteiger partial charge in [-0.05, 0) is 31.2 Å². The monoisotopic (exact) mass is 190 g/mol. The molecular weight excluding hydrogens is 180 g/mol. The third kappa shape index (κ3) is 2.79. The Balaban J connectivity index is 2.61. The minimum Gasteiger partial charge on any atom is -0.450 e. The van der Waals surface area contributed by atoms with Crippen LogP contribution in [0.15, 0.2) is 24.3 Å². The quantitative estimate of drug-likeness (QED) is 0.776. The van der Waals surface area contributed by atoms with Gasteiger partial charge in [0, 0.05) is 5.69 Å². The Labute approximate surface area is 82.1 Å². The van der Waals surface area contributed by atoms with E-state index >= 15 is 0 Å². The van der Waals surface area contributed by atoms with Gasteiger partial charge >= 0.3 is 6.09 Å². The van der Waals surface area contributed by atoms with E-state index in [1.807, 2.05) is 6.07 Å². The first-order valence-electron chi connectivity index (χ1n) is 4.20. The van der Waals surface area contributed by atoms with Gasteiger partial charge in [0.25, 0.3) is 0 Å². The summed E-state index contributed by atoms with van der Waals surface area (Å²) in [6.45, 7) is 2.07. The maximum atomic E-state index is 11.0. The van der Waals surface area contributed by atoms with Gasteiger partial charge < -0.3 is 4.74 Å². The van der Waals surface area contributed by atoms with Gasteiger partial charge in [0.15, 0.2) is 0 Å². The molecule has 1 N–H and O–H groups in total. The van der Waals surface area contributed by atoms with E-state index in [1.54, 1.807) is 31.2 Å². The topological polar surface area (TPSA) is 62.1 Å². The summed E-state index contributed by atoms with van der Waals surface area (Å²) in [6.07, 6.45) is -0.489. The first-order valence-corrected chi connectivity index (χ1v) is 4.20. The van der Waals surface area contributed by atoms with Crippen LogP contribution in [0.2, 0.25) is 0 Å². The molecule has 1 amide bonds. The average Bonchev–Trinajstić information content (AvgIpc) is 2.19. The van der Waals surface area contributed by atoms with Gasteiger partial charge in [0.1, 0.15) is 0 Å². The molecule has 0 spiro atoms. The number of nitrogens with one attached hydrogen (secondary N) is 1. The number of amides is 1. The van der Waals surface area contributed by atoms with E-state index in [4.69, 9.17) is 5.26 Å². The number of anilines is 1. The summed E-state index contributed by atoms with van der Waals surface area (Å²) in [6, 6.07) is 8.54. The van der Waals surface area contributed by atoms with Crippen LogP contribution in [0.4, 0.5) is 10.5 Å². The summed E-state index contributed by atoms with van der Waals surface area (Å²) in [4.78, 5) is 11.0. The van der Waals surface area contributed by atoms with Gasteiger partial charge in [-0.15, -0.1) is 0 Å². The van der Waals surface area contributed by atoms with Crippen molar-refractivity contribution in [3.8, 4) is 6.07 Å². The predicted octanol–water partition coefficient (Wildman–Crippen LogP) is 2.13. The molecule has 0 aromatic heterocycles. The number of carbonyl (C=O) groups excluding carboxylic acids is 1. The molecule has 0 aliphatic carbocycles. The molecule has 14 heavy (non-hydrogen) atoms. The number of nitriles is 1. The second kappa shape index (κ2) is 4.87. The summed E-state index contributed by atoms with van der Waals surface area (Å²) in [5.41, 5.74) is 1.17. The summed E-state index contributed by atoms with van der Waals surface area (Å²) in [7, 11) is 0. The Hall–Kier alpha value is -2.02. The first kappa shape index (κ1) is 10.1. The standard InChI is InChI=1S/C10H10N2O2/c1-2-14-10(13)12-9-5-3-8(7-11)4-6-9/h3-6H,2H2,1H3,(H,12,13). The molecular formula is C10H10N2O2. The molecule has 0 fully saturated rings. The van der Waals surface area contributed by atoms with Crippen LogP contribution in [0.3, 0.4) is 0 Å². The summed E-state index contributed by atoms with van der Waals surface area (Å²) < 4.78 is 4.69. The Morgan fingerprint density at radius 2 is 2.14 bits per heavy atom. The fraction of sp³-hybridized carbons (Fsp3) is 0.200. The molecule has 0 aliphatic rings. The average molecular weight is 190 g/mol. The van der Waals surface area contributed by atoms with E-state index < -0.39 is 6.09 Å². The van der Waals surface area contributed by atoms with Crippen molar-refractivity contribution in [1.82, 2.24) is 0 Å². The lowest BCUT2D eigenvalue weighted by Crippen LogP contribution is -2.13. The van der Waals surface area contributed by atoms with Gasteiger partial charge in [-0.2, -0.15) is 5.26 Å². The van der Waals surface area contributed by atoms with Crippen LogP contribution < -0.4 is 5.32 Å². The lowest BCUT2D eigenvalue weighted by molar-refractivity contribution is 0.168. The van der Waals surface area contributed by atoms with E-state index in [0.717, 1.165) is 0 Å². The number of hydrogen-bond acceptors (Lipinski definition) is 3. The molecule has 72 valence electrons. The van der Waals surface area contributed by atoms with Crippen LogP contribution in [0.1, 0.15) is 12.5 Å². The van der Waals surface area contributed by atoms with Crippen molar-refractivity contribution in [2.75, 3.05) is 11.9 Å². The van der Waals surface area contributed by atoms with Gasteiger partial charge in [0.05, 0.1) is 18.2 Å². The van der Waals surface area contributed by atoms with Crippen molar-refractivity contribution in [3.05, 3.63) is 29.8 Å². The van der Waals surface area contributed by atoms with Gasteiger partial charge in [-0.25, -0.2) is 4.79 Å². The number of rotatable bonds is 2. The van der Waals surface area contributed by atoms with Crippen LogP contribution in [0, 0.1) is 11.3 Å². The number of ether oxygens (including phenoxy) is 1. The Morgan fingerprint density at radius 3 is 2.64 bits per heavy atom. The highest BCUT2D eigenvalue weighted by molar-refractivity contribution is 5.84. The predicted molar refractivity (Wildman–Crippen MR) is 51.8 cm³/mol. The molecule has 1 aromatic carbocycles. The van der Waals surface area contributed by atoms with Crippen molar-refractivity contribution in [1.29, 1.82) is 5.26 Å². The fourth-order valence-electron chi connectivity index (χ4n) is 0.913. The molecule has 0 saturated heterocycles. The highest BCUT2D eigenvalue weighted by Gasteiger charge is 2.00. The highest BCUT2D eigenvalue weighted by Crippen LogP contribution is 2.08. The van der Waals surface area contributed by atoms with Crippen molar-refractivity contribution in [2.24, 2.45) is 0 Å². The molecule has 0 heterocycles. The molecule has 4 nitrogen and oxygen atoms in total. The summed E-state index contributed by atoms with van der Waals surface area (Å²) in [5.74, 6) is 0. The van der Waals surface area contributed by atoms with E-state index in [-0.39, 0.29) is 0 Å². The first-order chi connectivity index (χ1) is 6.76. The van der Waals surface area contributed by atoms with E-state index in [2.05, 4.69) is 10.1 Å². The Bertz CT molecular complexity index is 351. The minimum absolute atomic E-state index is 0.335. The zero-order valence-electron chi connectivity index (χ0n) is 7.78. The van der Waals surface area contributed by atoms with Crippen LogP contribution >= 0.6 is 0 Å². The smallest absolute Gasteiger partial charge is 0.411 e. The number of carbonyl (C=O) groups is 1. The molecule has 0 bridgehead atoms. The normalized spacial score (nSPS) is 8.86. The van der Waals surface area contributed by atoms with Gasteiger partial charge in [-0.1, -0.05) is 0 Å². The molecule has 1 rings (SSSR count). The maximum Gasteiger partial charge on any atom is 0.411 e. The van der Waals surface area contributed by atoms with Gasteiger partial charge in [0.2, 0.25) is 0 Å². The van der Waals surface area contributed by atoms with Crippen molar-refractivity contribution in [2.45, 2.75) is 6.92 Å². The van der Waals surface area contributed by atoms with Gasteiger partial charge in [-0.3, -0.25) is 5.32 Å². The molecule has 1 aromatic rings. The largest absolute Gasteiger partial charge is 0.450 e. The molecule has 0 atom stereocenters. The van der Waals surface area contributed by atoms with Crippen molar-refractivity contribution in [3.63, 3.8) is 0 Å². The number of benzene rings is 1. The van der Waals surface area contributed by atoms with Crippen LogP contribution in [0.25, 0.3) is 0 Å². The number of hydrogen-bond donors (Lipinski definition) is 1. The minimum atomic E-state index is -0.489. The van der Waals surface area contributed by atoms with E-state index in [1.165, 1.54) is 0 Å². The molecule has 0 aliphatic heterocycles. The third-order valence-electron chi connectivity index (χ3n) is 1.54. The second-order valence-corrected chi connectivity index (χ2v) is 2.53. The maximum absolute atomic E-state index is 11.0. The Morgan fingerprint density at radius 1 is 1.50 bits per heavy atom. The van der Waals surface area contributed by atoms with Crippen molar-refractivity contribution < 1.29 is 9.53 Å². The van der Waals surface area contributed by atoms with Crippen LogP contribution in [-0.2, 0) is 4.74 Å². The molecule has 0 radical (unpaired) electrons. The fourth-order valence-corrected chi connectivity index (χ4v) is 0.913. The van der Waals surface area contributed by atoms with Crippen LogP contribution in [-0.4, -0.2) is 12.7 Å². The zero-order valence-corrected chi connectivity index (χ0v) is 7.78. The SMILES string of the molecule is CCOC(=O)Nc1ccc(C#N)cc1. The Kier molecular flexibility index (Phi) is 3.50. The van der Waals surface area contributed by atoms with Crippen LogP contribution in [0.5, 0.6) is 0 Å². The highest BCUT2D eigenvalue weighted by atomic mass is 16.5. The lowest BCUT2D eigenvalue weighted by atomic mass is 10.2. The van der Waals surface area contributed by atoms with Crippen molar-refractivity contribution >= 4 is 11.8 Å². The van der Waals surface area contributed by atoms with E-state index in [9.17, 15) is 4.79 Å². The summed E-state index contributed by atoms with van der Waals surface area (Å²) >= 11 is 0. The second-order valence-electron chi connectivity index (χ2n) is 2.53. The van der Waals surface area contributed by atoms with E-state index in [0.29, 0.717) is 17.9 Å². The molecule has 0 saturated carbocycles. The number of nitrogens with zero attached hydrogens (tertiary/aromatic N) is 1. The zero-order chi connectivity index (χ0) is 10.4. The molecule has 0 unspecified atom stereocenters. The third-order valence-corrected chi connectivity index (χ3v) is 1.54. The molecule has 4 heteroatoms.